The van der Waals surface area contributed by atoms with Gasteiger partial charge in [-0.25, -0.2) is 0 Å². The van der Waals surface area contributed by atoms with E-state index in [1.54, 1.807) is 0 Å². The highest BCUT2D eigenvalue weighted by Gasteiger charge is 2.07. The number of benzene rings is 1. The minimum Gasteiger partial charge on any atom is -0.392 e. The third kappa shape index (κ3) is 3.32. The highest BCUT2D eigenvalue weighted by atomic mass is 16.3. The molecule has 1 aromatic carbocycles. The smallest absolute Gasteiger partial charge is 0.152 e. The predicted octanol–water partition coefficient (Wildman–Crippen LogP) is 2.10. The van der Waals surface area contributed by atoms with Gasteiger partial charge in [0, 0.05) is 12.2 Å². The second-order valence-electron chi connectivity index (χ2n) is 4.53. The summed E-state index contributed by atoms with van der Waals surface area (Å²) in [5.74, 6) is 1.89. The zero-order valence-electron chi connectivity index (χ0n) is 11.4. The lowest BCUT2D eigenvalue weighted by molar-refractivity contribution is 0.282. The molecule has 1 heterocycles. The van der Waals surface area contributed by atoms with Crippen LogP contribution in [-0.4, -0.2) is 19.9 Å². The Hall–Kier alpha value is -1.88. The molecule has 1 aromatic heterocycles. The maximum atomic E-state index is 9.11. The molecular weight excluding hydrogens is 240 g/mol. The Morgan fingerprint density at radius 3 is 2.89 bits per heavy atom. The SMILES string of the molecule is CCCn1c(C)nnc1CNc1cccc(CO)c1. The van der Waals surface area contributed by atoms with Crippen LogP contribution >= 0.6 is 0 Å². The van der Waals surface area contributed by atoms with Crippen molar-refractivity contribution in [1.29, 1.82) is 0 Å². The number of hydrogen-bond donors (Lipinski definition) is 2. The molecule has 0 amide bonds. The molecule has 0 saturated carbocycles. The van der Waals surface area contributed by atoms with E-state index in [2.05, 4.69) is 27.0 Å². The van der Waals surface area contributed by atoms with E-state index in [9.17, 15) is 0 Å². The molecular formula is C14H20N4O. The Morgan fingerprint density at radius 2 is 2.16 bits per heavy atom. The lowest BCUT2D eigenvalue weighted by Gasteiger charge is -2.09. The van der Waals surface area contributed by atoms with Crippen molar-refractivity contribution in [2.45, 2.75) is 40.0 Å². The predicted molar refractivity (Wildman–Crippen MR) is 74.7 cm³/mol. The summed E-state index contributed by atoms with van der Waals surface area (Å²) >= 11 is 0. The lowest BCUT2D eigenvalue weighted by Crippen LogP contribution is -2.10. The number of nitrogens with one attached hydrogen (secondary N) is 1. The summed E-state index contributed by atoms with van der Waals surface area (Å²) in [4.78, 5) is 0. The first kappa shape index (κ1) is 13.5. The standard InChI is InChI=1S/C14H20N4O/c1-3-7-18-11(2)16-17-14(18)9-15-13-6-4-5-12(8-13)10-19/h4-6,8,15,19H,3,7,9-10H2,1-2H3. The Balaban J connectivity index is 2.05. The monoisotopic (exact) mass is 260 g/mol. The van der Waals surface area contributed by atoms with E-state index in [1.165, 1.54) is 0 Å². The molecule has 0 fully saturated rings. The van der Waals surface area contributed by atoms with Gasteiger partial charge in [0.15, 0.2) is 5.82 Å². The quantitative estimate of drug-likeness (QED) is 0.835. The van der Waals surface area contributed by atoms with Crippen LogP contribution < -0.4 is 5.32 Å². The number of anilines is 1. The van der Waals surface area contributed by atoms with Crippen molar-refractivity contribution in [2.75, 3.05) is 5.32 Å². The van der Waals surface area contributed by atoms with Gasteiger partial charge >= 0.3 is 0 Å². The van der Waals surface area contributed by atoms with Crippen LogP contribution in [-0.2, 0) is 19.7 Å². The van der Waals surface area contributed by atoms with E-state index in [1.807, 2.05) is 31.2 Å². The summed E-state index contributed by atoms with van der Waals surface area (Å²) < 4.78 is 2.13. The molecule has 0 aliphatic carbocycles. The van der Waals surface area contributed by atoms with Gasteiger partial charge in [-0.3, -0.25) is 0 Å². The summed E-state index contributed by atoms with van der Waals surface area (Å²) in [5.41, 5.74) is 1.88. The zero-order chi connectivity index (χ0) is 13.7. The molecule has 2 rings (SSSR count). The van der Waals surface area contributed by atoms with E-state index in [0.29, 0.717) is 6.54 Å². The summed E-state index contributed by atoms with van der Waals surface area (Å²) in [5, 5.41) is 20.7. The average Bonchev–Trinajstić information content (AvgIpc) is 2.78. The molecule has 0 aliphatic rings. The highest BCUT2D eigenvalue weighted by Crippen LogP contribution is 2.12. The summed E-state index contributed by atoms with van der Waals surface area (Å²) in [7, 11) is 0. The number of aryl methyl sites for hydroxylation is 1. The van der Waals surface area contributed by atoms with Crippen LogP contribution in [0.1, 0.15) is 30.6 Å². The van der Waals surface area contributed by atoms with Crippen molar-refractivity contribution in [3.05, 3.63) is 41.5 Å². The molecule has 0 radical (unpaired) electrons. The van der Waals surface area contributed by atoms with Gasteiger partial charge in [-0.15, -0.1) is 10.2 Å². The fourth-order valence-electron chi connectivity index (χ4n) is 2.03. The van der Waals surface area contributed by atoms with Gasteiger partial charge in [-0.05, 0) is 31.0 Å². The van der Waals surface area contributed by atoms with Gasteiger partial charge in [0.05, 0.1) is 13.2 Å². The van der Waals surface area contributed by atoms with Gasteiger partial charge in [0.2, 0.25) is 0 Å². The molecule has 5 nitrogen and oxygen atoms in total. The molecule has 2 N–H and O–H groups in total. The summed E-state index contributed by atoms with van der Waals surface area (Å²) in [6.45, 7) is 5.74. The molecule has 19 heavy (non-hydrogen) atoms. The number of nitrogens with zero attached hydrogens (tertiary/aromatic N) is 3. The van der Waals surface area contributed by atoms with E-state index < -0.39 is 0 Å². The van der Waals surface area contributed by atoms with Crippen molar-refractivity contribution in [3.63, 3.8) is 0 Å². The molecule has 0 bridgehead atoms. The van der Waals surface area contributed by atoms with Gasteiger partial charge in [0.25, 0.3) is 0 Å². The number of aliphatic hydroxyl groups is 1. The number of aliphatic hydroxyl groups excluding tert-OH is 1. The minimum atomic E-state index is 0.0562. The van der Waals surface area contributed by atoms with Crippen LogP contribution in [0.4, 0.5) is 5.69 Å². The molecule has 2 aromatic rings. The zero-order valence-corrected chi connectivity index (χ0v) is 11.4. The van der Waals surface area contributed by atoms with Crippen LogP contribution in [0.25, 0.3) is 0 Å². The van der Waals surface area contributed by atoms with Gasteiger partial charge in [-0.2, -0.15) is 0 Å². The molecule has 5 heteroatoms. The normalized spacial score (nSPS) is 10.7. The van der Waals surface area contributed by atoms with E-state index in [4.69, 9.17) is 5.11 Å². The maximum Gasteiger partial charge on any atom is 0.152 e. The molecule has 0 atom stereocenters. The maximum absolute atomic E-state index is 9.11. The second kappa shape index (κ2) is 6.33. The minimum absolute atomic E-state index is 0.0562. The van der Waals surface area contributed by atoms with Gasteiger partial charge in [-0.1, -0.05) is 19.1 Å². The molecule has 102 valence electrons. The van der Waals surface area contributed by atoms with Crippen LogP contribution in [0, 0.1) is 6.92 Å². The van der Waals surface area contributed by atoms with E-state index in [-0.39, 0.29) is 6.61 Å². The summed E-state index contributed by atoms with van der Waals surface area (Å²) in [6, 6.07) is 7.74. The van der Waals surface area contributed by atoms with Gasteiger partial charge < -0.3 is 15.0 Å². The van der Waals surface area contributed by atoms with Crippen LogP contribution in [0.5, 0.6) is 0 Å². The second-order valence-corrected chi connectivity index (χ2v) is 4.53. The third-order valence-corrected chi connectivity index (χ3v) is 3.02. The van der Waals surface area contributed by atoms with Crippen LogP contribution in [0.2, 0.25) is 0 Å². The van der Waals surface area contributed by atoms with Crippen molar-refractivity contribution >= 4 is 5.69 Å². The van der Waals surface area contributed by atoms with E-state index >= 15 is 0 Å². The Kier molecular flexibility index (Phi) is 4.52. The Labute approximate surface area is 113 Å². The van der Waals surface area contributed by atoms with Crippen molar-refractivity contribution < 1.29 is 5.11 Å². The largest absolute Gasteiger partial charge is 0.392 e. The Morgan fingerprint density at radius 1 is 1.32 bits per heavy atom. The lowest BCUT2D eigenvalue weighted by atomic mass is 10.2. The van der Waals surface area contributed by atoms with Crippen molar-refractivity contribution in [2.24, 2.45) is 0 Å². The summed E-state index contributed by atoms with van der Waals surface area (Å²) in [6.07, 6.45) is 1.06. The molecule has 0 aliphatic heterocycles. The van der Waals surface area contributed by atoms with Gasteiger partial charge in [0.1, 0.15) is 5.82 Å². The first-order chi connectivity index (χ1) is 9.24. The molecule has 0 saturated heterocycles. The van der Waals surface area contributed by atoms with Crippen molar-refractivity contribution in [1.82, 2.24) is 14.8 Å². The number of aromatic nitrogens is 3. The molecule has 0 spiro atoms. The number of rotatable bonds is 6. The fourth-order valence-corrected chi connectivity index (χ4v) is 2.03. The van der Waals surface area contributed by atoms with E-state index in [0.717, 1.165) is 35.9 Å². The third-order valence-electron chi connectivity index (χ3n) is 3.02. The van der Waals surface area contributed by atoms with Crippen LogP contribution in [0.15, 0.2) is 24.3 Å². The first-order valence-corrected chi connectivity index (χ1v) is 6.57. The highest BCUT2D eigenvalue weighted by molar-refractivity contribution is 5.45. The van der Waals surface area contributed by atoms with Crippen molar-refractivity contribution in [3.8, 4) is 0 Å². The first-order valence-electron chi connectivity index (χ1n) is 6.57. The molecule has 0 unspecified atom stereocenters. The van der Waals surface area contributed by atoms with Crippen LogP contribution in [0.3, 0.4) is 0 Å². The topological polar surface area (TPSA) is 63.0 Å². The average molecular weight is 260 g/mol. The Bertz CT molecular complexity index is 536. The number of hydrogen-bond acceptors (Lipinski definition) is 4. The fraction of sp³-hybridized carbons (Fsp3) is 0.429.